The average molecular weight is 258 g/mol. The van der Waals surface area contributed by atoms with Crippen LogP contribution in [0.2, 0.25) is 0 Å². The first-order chi connectivity index (χ1) is 8.20. The predicted octanol–water partition coefficient (Wildman–Crippen LogP) is 1.84. The molecule has 0 radical (unpaired) electrons. The fourth-order valence-electron chi connectivity index (χ4n) is 1.50. The predicted molar refractivity (Wildman–Crippen MR) is 70.1 cm³/mol. The van der Waals surface area contributed by atoms with Gasteiger partial charge < -0.3 is 15.0 Å². The highest BCUT2D eigenvalue weighted by Gasteiger charge is 2.13. The number of nitrogens with zero attached hydrogens (tertiary/aromatic N) is 3. The molecule has 0 aliphatic carbocycles. The molecule has 1 aromatic rings. The molecule has 0 aromatic carbocycles. The first-order valence-corrected chi connectivity index (χ1v) is 7.03. The Labute approximate surface area is 107 Å². The van der Waals surface area contributed by atoms with Gasteiger partial charge in [0.1, 0.15) is 5.82 Å². The molecule has 0 bridgehead atoms. The summed E-state index contributed by atoms with van der Waals surface area (Å²) < 4.78 is 7.52. The monoisotopic (exact) mass is 258 g/mol. The Morgan fingerprint density at radius 1 is 1.35 bits per heavy atom. The van der Waals surface area contributed by atoms with Gasteiger partial charge in [0.25, 0.3) is 0 Å². The van der Waals surface area contributed by atoms with Crippen LogP contribution in [0.25, 0.3) is 0 Å². The lowest BCUT2D eigenvalue weighted by atomic mass is 10.4. The van der Waals surface area contributed by atoms with E-state index < -0.39 is 0 Å². The minimum absolute atomic E-state index is 0.336. The normalized spacial score (nSPS) is 11.4. The van der Waals surface area contributed by atoms with Crippen molar-refractivity contribution in [2.45, 2.75) is 44.9 Å². The van der Waals surface area contributed by atoms with E-state index in [-0.39, 0.29) is 0 Å². The molecule has 0 fully saturated rings. The molecule has 0 aliphatic rings. The molecule has 5 nitrogen and oxygen atoms in total. The maximum atomic E-state index is 5.64. The van der Waals surface area contributed by atoms with Crippen LogP contribution < -0.4 is 5.73 Å². The second-order valence-electron chi connectivity index (χ2n) is 4.03. The Hall–Kier alpha value is -0.590. The Morgan fingerprint density at radius 2 is 2.12 bits per heavy atom. The fraction of sp³-hybridized carbons (Fsp3) is 0.818. The maximum Gasteiger partial charge on any atom is 0.191 e. The number of nitrogens with two attached hydrogens (primary N) is 1. The maximum absolute atomic E-state index is 5.64. The van der Waals surface area contributed by atoms with Gasteiger partial charge in [-0.15, -0.1) is 10.2 Å². The van der Waals surface area contributed by atoms with Crippen LogP contribution in [-0.4, -0.2) is 33.7 Å². The van der Waals surface area contributed by atoms with Crippen LogP contribution in [0.5, 0.6) is 0 Å². The van der Waals surface area contributed by atoms with Crippen molar-refractivity contribution in [1.82, 2.24) is 14.8 Å². The van der Waals surface area contributed by atoms with E-state index in [1.165, 1.54) is 0 Å². The summed E-state index contributed by atoms with van der Waals surface area (Å²) in [5.74, 6) is 1.74. The topological polar surface area (TPSA) is 66.0 Å². The molecule has 0 spiro atoms. The van der Waals surface area contributed by atoms with Crippen LogP contribution in [0.3, 0.4) is 0 Å². The molecule has 1 rings (SSSR count). The van der Waals surface area contributed by atoms with Crippen molar-refractivity contribution in [3.05, 3.63) is 5.82 Å². The lowest BCUT2D eigenvalue weighted by Crippen LogP contribution is -2.11. The third-order valence-corrected chi connectivity index (χ3v) is 3.15. The van der Waals surface area contributed by atoms with Crippen molar-refractivity contribution in [2.75, 3.05) is 19.0 Å². The summed E-state index contributed by atoms with van der Waals surface area (Å²) in [6.07, 6.45) is 1.06. The van der Waals surface area contributed by atoms with E-state index in [0.29, 0.717) is 12.6 Å². The molecule has 0 aliphatic heterocycles. The summed E-state index contributed by atoms with van der Waals surface area (Å²) in [6.45, 7) is 8.33. The summed E-state index contributed by atoms with van der Waals surface area (Å²) in [5.41, 5.74) is 5.64. The van der Waals surface area contributed by atoms with E-state index in [0.717, 1.165) is 36.4 Å². The molecule has 0 atom stereocenters. The highest BCUT2D eigenvalue weighted by Crippen LogP contribution is 2.21. The Kier molecular flexibility index (Phi) is 6.54. The molecule has 0 amide bonds. The zero-order valence-corrected chi connectivity index (χ0v) is 11.7. The first kappa shape index (κ1) is 14.5. The number of aromatic nitrogens is 3. The van der Waals surface area contributed by atoms with Gasteiger partial charge in [-0.1, -0.05) is 18.7 Å². The van der Waals surface area contributed by atoms with E-state index in [9.17, 15) is 0 Å². The zero-order valence-electron chi connectivity index (χ0n) is 10.8. The smallest absolute Gasteiger partial charge is 0.191 e. The molecular formula is C11H22N4OS. The van der Waals surface area contributed by atoms with Crippen molar-refractivity contribution in [1.29, 1.82) is 0 Å². The highest BCUT2D eigenvalue weighted by molar-refractivity contribution is 7.99. The third kappa shape index (κ3) is 4.29. The second-order valence-corrected chi connectivity index (χ2v) is 5.09. The lowest BCUT2D eigenvalue weighted by Gasteiger charge is -2.12. The van der Waals surface area contributed by atoms with Gasteiger partial charge in [0, 0.05) is 18.4 Å². The lowest BCUT2D eigenvalue weighted by molar-refractivity contribution is 0.150. The third-order valence-electron chi connectivity index (χ3n) is 2.24. The molecule has 6 heteroatoms. The van der Waals surface area contributed by atoms with Gasteiger partial charge in [-0.25, -0.2) is 0 Å². The van der Waals surface area contributed by atoms with E-state index in [1.54, 1.807) is 11.8 Å². The van der Waals surface area contributed by atoms with Crippen LogP contribution >= 0.6 is 11.8 Å². The van der Waals surface area contributed by atoms with Gasteiger partial charge in [-0.2, -0.15) is 0 Å². The number of hydrogen-bond acceptors (Lipinski definition) is 5. The van der Waals surface area contributed by atoms with Gasteiger partial charge in [0.2, 0.25) is 0 Å². The molecule has 0 saturated carbocycles. The van der Waals surface area contributed by atoms with E-state index in [4.69, 9.17) is 10.5 Å². The largest absolute Gasteiger partial charge is 0.381 e. The molecule has 2 N–H and O–H groups in total. The highest BCUT2D eigenvalue weighted by atomic mass is 32.2. The molecule has 1 heterocycles. The minimum atomic E-state index is 0.336. The first-order valence-electron chi connectivity index (χ1n) is 6.05. The van der Waals surface area contributed by atoms with Crippen LogP contribution in [-0.2, 0) is 11.3 Å². The Bertz CT molecular complexity index is 327. The van der Waals surface area contributed by atoms with E-state index in [1.807, 2.05) is 0 Å². The van der Waals surface area contributed by atoms with Gasteiger partial charge >= 0.3 is 0 Å². The summed E-state index contributed by atoms with van der Waals surface area (Å²) in [6, 6.07) is 0.336. The van der Waals surface area contributed by atoms with E-state index >= 15 is 0 Å². The van der Waals surface area contributed by atoms with Crippen LogP contribution in [0, 0.1) is 0 Å². The summed E-state index contributed by atoms with van der Waals surface area (Å²) in [7, 11) is 0. The van der Waals surface area contributed by atoms with Crippen molar-refractivity contribution in [3.8, 4) is 0 Å². The van der Waals surface area contributed by atoms with Gasteiger partial charge in [0.05, 0.1) is 13.2 Å². The second kappa shape index (κ2) is 7.68. The number of hydrogen-bond donors (Lipinski definition) is 1. The van der Waals surface area contributed by atoms with Gasteiger partial charge in [-0.3, -0.25) is 0 Å². The number of rotatable bonds is 8. The van der Waals surface area contributed by atoms with Crippen molar-refractivity contribution in [2.24, 2.45) is 5.73 Å². The SMILES string of the molecule is CCCOCCSc1nnc(CN)n1C(C)C. The van der Waals surface area contributed by atoms with Crippen LogP contribution in [0.15, 0.2) is 5.16 Å². The summed E-state index contributed by atoms with van der Waals surface area (Å²) >= 11 is 1.67. The molecule has 0 saturated heterocycles. The summed E-state index contributed by atoms with van der Waals surface area (Å²) in [5, 5.41) is 9.19. The van der Waals surface area contributed by atoms with Crippen LogP contribution in [0.4, 0.5) is 0 Å². The summed E-state index contributed by atoms with van der Waals surface area (Å²) in [4.78, 5) is 0. The molecule has 17 heavy (non-hydrogen) atoms. The quantitative estimate of drug-likeness (QED) is 0.569. The zero-order chi connectivity index (χ0) is 12.7. The minimum Gasteiger partial charge on any atom is -0.381 e. The van der Waals surface area contributed by atoms with E-state index in [2.05, 4.69) is 35.5 Å². The van der Waals surface area contributed by atoms with Crippen LogP contribution in [0.1, 0.15) is 39.1 Å². The Balaban J connectivity index is 2.50. The molecular weight excluding hydrogens is 236 g/mol. The molecule has 0 unspecified atom stereocenters. The van der Waals surface area contributed by atoms with Gasteiger partial charge in [0.15, 0.2) is 5.16 Å². The van der Waals surface area contributed by atoms with Crippen molar-refractivity contribution >= 4 is 11.8 Å². The molecule has 1 aromatic heterocycles. The Morgan fingerprint density at radius 3 is 2.71 bits per heavy atom. The molecule has 98 valence electrons. The standard InChI is InChI=1S/C11H22N4OS/c1-4-5-16-6-7-17-11-14-13-10(8-12)15(11)9(2)3/h9H,4-8,12H2,1-3H3. The number of thioether (sulfide) groups is 1. The number of ether oxygens (including phenoxy) is 1. The van der Waals surface area contributed by atoms with Crippen molar-refractivity contribution in [3.63, 3.8) is 0 Å². The van der Waals surface area contributed by atoms with Crippen molar-refractivity contribution < 1.29 is 4.74 Å². The average Bonchev–Trinajstić information content (AvgIpc) is 2.72. The van der Waals surface area contributed by atoms with Gasteiger partial charge in [-0.05, 0) is 20.3 Å². The fourth-order valence-corrected chi connectivity index (χ4v) is 2.44.